The Morgan fingerprint density at radius 1 is 0.696 bits per heavy atom. The lowest BCUT2D eigenvalue weighted by Crippen LogP contribution is -2.11. The number of hydrogen-bond donors (Lipinski definition) is 0. The Morgan fingerprint density at radius 2 is 1.35 bits per heavy atom. The Hall–Kier alpha value is -2.28. The topological polar surface area (TPSA) is 9.23 Å². The van der Waals surface area contributed by atoms with Crippen LogP contribution in [0.1, 0.15) is 37.5 Å². The second kappa shape index (κ2) is 5.73. The maximum absolute atomic E-state index is 6.31. The average molecular weight is 304 g/mol. The van der Waals surface area contributed by atoms with E-state index in [0.29, 0.717) is 0 Å². The summed E-state index contributed by atoms with van der Waals surface area (Å²) in [5, 5.41) is 2.41. The average Bonchev–Trinajstić information content (AvgIpc) is 2.51. The Kier molecular flexibility index (Phi) is 3.89. The highest BCUT2D eigenvalue weighted by Gasteiger charge is 2.16. The molecule has 0 aliphatic rings. The van der Waals surface area contributed by atoms with Crippen LogP contribution >= 0.6 is 0 Å². The molecule has 0 heterocycles. The monoisotopic (exact) mass is 304 g/mol. The summed E-state index contributed by atoms with van der Waals surface area (Å²) in [7, 11) is 0. The van der Waals surface area contributed by atoms with E-state index >= 15 is 0 Å². The van der Waals surface area contributed by atoms with Crippen LogP contribution in [-0.4, -0.2) is 0 Å². The molecule has 0 spiro atoms. The van der Waals surface area contributed by atoms with E-state index in [-0.39, 0.29) is 5.41 Å². The van der Waals surface area contributed by atoms with Crippen molar-refractivity contribution in [1.29, 1.82) is 0 Å². The second-order valence-corrected chi connectivity index (χ2v) is 7.26. The van der Waals surface area contributed by atoms with Crippen molar-refractivity contribution in [2.45, 2.75) is 40.0 Å². The maximum Gasteiger partial charge on any atom is 0.135 e. The third-order valence-electron chi connectivity index (χ3n) is 4.38. The fraction of sp³-hybridized carbons (Fsp3) is 0.273. The molecule has 3 rings (SSSR count). The Bertz CT molecular complexity index is 853. The molecular formula is C22H24O. The first-order valence-corrected chi connectivity index (χ1v) is 8.13. The molecule has 0 unspecified atom stereocenters. The number of rotatable bonds is 2. The summed E-state index contributed by atoms with van der Waals surface area (Å²) >= 11 is 0. The summed E-state index contributed by atoms with van der Waals surface area (Å²) in [6, 6.07) is 19.1. The molecule has 1 nitrogen and oxygen atoms in total. The highest BCUT2D eigenvalue weighted by atomic mass is 16.5. The van der Waals surface area contributed by atoms with Crippen molar-refractivity contribution in [3.63, 3.8) is 0 Å². The summed E-state index contributed by atoms with van der Waals surface area (Å²) in [5.74, 6) is 1.85. The molecule has 3 aromatic carbocycles. The zero-order chi connectivity index (χ0) is 16.6. The fourth-order valence-corrected chi connectivity index (χ4v) is 2.81. The number of hydrogen-bond acceptors (Lipinski definition) is 1. The van der Waals surface area contributed by atoms with Crippen molar-refractivity contribution in [2.24, 2.45) is 0 Å². The first-order chi connectivity index (χ1) is 10.9. The molecule has 1 heteroatoms. The minimum atomic E-state index is 0.112. The predicted octanol–water partition coefficient (Wildman–Crippen LogP) is 6.55. The summed E-state index contributed by atoms with van der Waals surface area (Å²) in [6.07, 6.45) is 0. The van der Waals surface area contributed by atoms with E-state index in [0.717, 1.165) is 22.4 Å². The largest absolute Gasteiger partial charge is 0.456 e. The van der Waals surface area contributed by atoms with E-state index in [1.54, 1.807) is 0 Å². The van der Waals surface area contributed by atoms with Gasteiger partial charge in [-0.25, -0.2) is 0 Å². The lowest BCUT2D eigenvalue weighted by Gasteiger charge is -2.21. The SMILES string of the molecule is Cc1ccc(C(C)(C)C)cc1Oc1ccc(C)c2ccccc12. The van der Waals surface area contributed by atoms with Crippen LogP contribution < -0.4 is 4.74 Å². The molecule has 3 aromatic rings. The molecule has 0 amide bonds. The first-order valence-electron chi connectivity index (χ1n) is 8.13. The Balaban J connectivity index is 2.08. The Morgan fingerprint density at radius 3 is 2.04 bits per heavy atom. The molecular weight excluding hydrogens is 280 g/mol. The van der Waals surface area contributed by atoms with Gasteiger partial charge in [0.25, 0.3) is 0 Å². The zero-order valence-corrected chi connectivity index (χ0v) is 14.6. The van der Waals surface area contributed by atoms with E-state index in [4.69, 9.17) is 4.74 Å². The lowest BCUT2D eigenvalue weighted by atomic mass is 9.86. The molecule has 118 valence electrons. The lowest BCUT2D eigenvalue weighted by molar-refractivity contribution is 0.480. The Labute approximate surface area is 138 Å². The van der Waals surface area contributed by atoms with Crippen molar-refractivity contribution in [3.05, 3.63) is 71.3 Å². The van der Waals surface area contributed by atoms with E-state index < -0.39 is 0 Å². The molecule has 0 saturated heterocycles. The van der Waals surface area contributed by atoms with Gasteiger partial charge in [-0.1, -0.05) is 63.2 Å². The smallest absolute Gasteiger partial charge is 0.135 e. The molecule has 0 fully saturated rings. The van der Waals surface area contributed by atoms with Crippen molar-refractivity contribution in [1.82, 2.24) is 0 Å². The van der Waals surface area contributed by atoms with Crippen LogP contribution in [0.15, 0.2) is 54.6 Å². The highest BCUT2D eigenvalue weighted by molar-refractivity contribution is 5.91. The molecule has 0 radical (unpaired) electrons. The summed E-state index contributed by atoms with van der Waals surface area (Å²) in [4.78, 5) is 0. The quantitative estimate of drug-likeness (QED) is 0.522. The zero-order valence-electron chi connectivity index (χ0n) is 14.6. The van der Waals surface area contributed by atoms with Gasteiger partial charge in [-0.2, -0.15) is 0 Å². The van der Waals surface area contributed by atoms with Crippen molar-refractivity contribution in [2.75, 3.05) is 0 Å². The minimum Gasteiger partial charge on any atom is -0.456 e. The van der Waals surface area contributed by atoms with Crippen LogP contribution in [0, 0.1) is 13.8 Å². The third kappa shape index (κ3) is 3.10. The van der Waals surface area contributed by atoms with Gasteiger partial charge in [0.15, 0.2) is 0 Å². The van der Waals surface area contributed by atoms with Gasteiger partial charge in [0.2, 0.25) is 0 Å². The number of benzene rings is 3. The van der Waals surface area contributed by atoms with E-state index in [1.807, 2.05) is 0 Å². The van der Waals surface area contributed by atoms with Gasteiger partial charge in [0.05, 0.1) is 0 Å². The summed E-state index contributed by atoms with van der Waals surface area (Å²) in [6.45, 7) is 10.9. The van der Waals surface area contributed by atoms with Gasteiger partial charge < -0.3 is 4.74 Å². The highest BCUT2D eigenvalue weighted by Crippen LogP contribution is 2.35. The molecule has 0 bridgehead atoms. The fourth-order valence-electron chi connectivity index (χ4n) is 2.81. The molecule has 0 aliphatic heterocycles. The van der Waals surface area contributed by atoms with Crippen LogP contribution in [0.3, 0.4) is 0 Å². The second-order valence-electron chi connectivity index (χ2n) is 7.26. The maximum atomic E-state index is 6.31. The van der Waals surface area contributed by atoms with Gasteiger partial charge in [0.1, 0.15) is 11.5 Å². The summed E-state index contributed by atoms with van der Waals surface area (Å²) in [5.41, 5.74) is 3.83. The van der Waals surface area contributed by atoms with Crippen LogP contribution in [0.4, 0.5) is 0 Å². The van der Waals surface area contributed by atoms with Gasteiger partial charge in [0, 0.05) is 5.39 Å². The van der Waals surface area contributed by atoms with Crippen LogP contribution in [0.25, 0.3) is 10.8 Å². The standard InChI is InChI=1S/C22H24O/c1-15-11-13-20(19-9-7-6-8-18(15)19)23-21-14-17(22(3,4)5)12-10-16(21)2/h6-14H,1-5H3. The minimum absolute atomic E-state index is 0.112. The predicted molar refractivity (Wildman–Crippen MR) is 98.6 cm³/mol. The van der Waals surface area contributed by atoms with Gasteiger partial charge >= 0.3 is 0 Å². The number of fused-ring (bicyclic) bond motifs is 1. The van der Waals surface area contributed by atoms with Gasteiger partial charge in [-0.15, -0.1) is 0 Å². The molecule has 0 aliphatic carbocycles. The van der Waals surface area contributed by atoms with Crippen molar-refractivity contribution in [3.8, 4) is 11.5 Å². The molecule has 0 aromatic heterocycles. The van der Waals surface area contributed by atoms with Crippen molar-refractivity contribution >= 4 is 10.8 Å². The van der Waals surface area contributed by atoms with Gasteiger partial charge in [-0.3, -0.25) is 0 Å². The molecule has 0 atom stereocenters. The molecule has 0 saturated carbocycles. The number of aryl methyl sites for hydroxylation is 2. The molecule has 23 heavy (non-hydrogen) atoms. The van der Waals surface area contributed by atoms with Crippen molar-refractivity contribution < 1.29 is 4.74 Å². The first kappa shape index (κ1) is 15.6. The molecule has 0 N–H and O–H groups in total. The van der Waals surface area contributed by atoms with Crippen LogP contribution in [0.5, 0.6) is 11.5 Å². The summed E-state index contributed by atoms with van der Waals surface area (Å²) < 4.78 is 6.31. The van der Waals surface area contributed by atoms with Gasteiger partial charge in [-0.05, 0) is 53.5 Å². The normalized spacial score (nSPS) is 11.7. The van der Waals surface area contributed by atoms with E-state index in [2.05, 4.69) is 89.2 Å². The van der Waals surface area contributed by atoms with Crippen LogP contribution in [-0.2, 0) is 5.41 Å². The van der Waals surface area contributed by atoms with E-state index in [9.17, 15) is 0 Å². The van der Waals surface area contributed by atoms with E-state index in [1.165, 1.54) is 16.5 Å². The number of ether oxygens (including phenoxy) is 1. The third-order valence-corrected chi connectivity index (χ3v) is 4.38. The van der Waals surface area contributed by atoms with Crippen LogP contribution in [0.2, 0.25) is 0 Å².